The molecule has 4 N–H and O–H groups in total. The lowest BCUT2D eigenvalue weighted by atomic mass is 10.1. The number of nitrogens with one attached hydrogen (secondary N) is 2. The molecule has 1 unspecified atom stereocenters. The van der Waals surface area contributed by atoms with E-state index in [1.165, 1.54) is 0 Å². The molecule has 1 atom stereocenters. The fourth-order valence-electron chi connectivity index (χ4n) is 1.86. The minimum Gasteiger partial charge on any atom is -0.398 e. The monoisotopic (exact) mass is 219 g/mol. The van der Waals surface area contributed by atoms with E-state index in [1.807, 2.05) is 24.3 Å². The van der Waals surface area contributed by atoms with Crippen molar-refractivity contribution >= 4 is 11.6 Å². The van der Waals surface area contributed by atoms with Gasteiger partial charge in [-0.1, -0.05) is 18.2 Å². The smallest absolute Gasteiger partial charge is 0.220 e. The lowest BCUT2D eigenvalue weighted by Gasteiger charge is -2.23. The van der Waals surface area contributed by atoms with Crippen molar-refractivity contribution in [2.24, 2.45) is 0 Å². The minimum absolute atomic E-state index is 0.150. The first-order chi connectivity index (χ1) is 7.75. The Hall–Kier alpha value is -1.55. The number of para-hydroxylation sites is 1. The van der Waals surface area contributed by atoms with E-state index >= 15 is 0 Å². The fraction of sp³-hybridized carbons (Fsp3) is 0.417. The summed E-state index contributed by atoms with van der Waals surface area (Å²) in [5.41, 5.74) is 7.77. The Morgan fingerprint density at radius 1 is 1.44 bits per heavy atom. The lowest BCUT2D eigenvalue weighted by Crippen LogP contribution is -2.45. The summed E-state index contributed by atoms with van der Waals surface area (Å²) in [6.45, 7) is 1.47. The summed E-state index contributed by atoms with van der Waals surface area (Å²) in [4.78, 5) is 11.0. The predicted molar refractivity (Wildman–Crippen MR) is 63.7 cm³/mol. The maximum Gasteiger partial charge on any atom is 0.220 e. The Kier molecular flexibility index (Phi) is 3.41. The normalized spacial score (nSPS) is 20.5. The van der Waals surface area contributed by atoms with E-state index in [-0.39, 0.29) is 5.91 Å². The number of hydrogen-bond acceptors (Lipinski definition) is 3. The van der Waals surface area contributed by atoms with E-state index in [4.69, 9.17) is 5.73 Å². The van der Waals surface area contributed by atoms with Crippen LogP contribution in [0.4, 0.5) is 5.69 Å². The number of hydrogen-bond donors (Lipinski definition) is 3. The van der Waals surface area contributed by atoms with Gasteiger partial charge in [-0.25, -0.2) is 0 Å². The highest BCUT2D eigenvalue weighted by Crippen LogP contribution is 2.11. The molecule has 4 heteroatoms. The number of carbonyl (C=O) groups excluding carboxylic acids is 1. The molecule has 86 valence electrons. The Bertz CT molecular complexity index is 368. The second-order valence-corrected chi connectivity index (χ2v) is 4.12. The van der Waals surface area contributed by atoms with E-state index in [9.17, 15) is 4.79 Å². The molecule has 4 nitrogen and oxygen atoms in total. The first-order valence-electron chi connectivity index (χ1n) is 5.59. The van der Waals surface area contributed by atoms with E-state index in [0.29, 0.717) is 19.0 Å². The molecule has 0 spiro atoms. The topological polar surface area (TPSA) is 67.1 Å². The van der Waals surface area contributed by atoms with Gasteiger partial charge in [-0.15, -0.1) is 0 Å². The van der Waals surface area contributed by atoms with Crippen molar-refractivity contribution in [1.29, 1.82) is 0 Å². The molecule has 1 heterocycles. The van der Waals surface area contributed by atoms with Crippen LogP contribution in [0, 0.1) is 0 Å². The molecule has 1 aromatic carbocycles. The van der Waals surface area contributed by atoms with Crippen molar-refractivity contribution < 1.29 is 4.79 Å². The van der Waals surface area contributed by atoms with Crippen LogP contribution in [0.2, 0.25) is 0 Å². The van der Waals surface area contributed by atoms with Gasteiger partial charge in [0.2, 0.25) is 5.91 Å². The van der Waals surface area contributed by atoms with Gasteiger partial charge in [0.1, 0.15) is 0 Å². The van der Waals surface area contributed by atoms with Crippen molar-refractivity contribution in [3.05, 3.63) is 29.8 Å². The molecular formula is C12H17N3O. The Labute approximate surface area is 95.2 Å². The van der Waals surface area contributed by atoms with Gasteiger partial charge < -0.3 is 16.4 Å². The standard InChI is InChI=1S/C12H17N3O/c13-11-4-2-1-3-9(11)7-14-10-5-6-12(16)15-8-10/h1-4,10,14H,5-8,13H2,(H,15,16). The second kappa shape index (κ2) is 4.99. The summed E-state index contributed by atoms with van der Waals surface area (Å²) in [7, 11) is 0. The molecule has 1 amide bonds. The summed E-state index contributed by atoms with van der Waals surface area (Å²) in [6.07, 6.45) is 1.51. The third-order valence-electron chi connectivity index (χ3n) is 2.90. The quantitative estimate of drug-likeness (QED) is 0.653. The maximum atomic E-state index is 11.0. The van der Waals surface area contributed by atoms with E-state index in [1.54, 1.807) is 0 Å². The number of anilines is 1. The summed E-state index contributed by atoms with van der Waals surface area (Å²) in [5.74, 6) is 0.150. The van der Waals surface area contributed by atoms with E-state index < -0.39 is 0 Å². The van der Waals surface area contributed by atoms with Crippen LogP contribution in [0.5, 0.6) is 0 Å². The third kappa shape index (κ3) is 2.73. The van der Waals surface area contributed by atoms with Crippen molar-refractivity contribution in [1.82, 2.24) is 10.6 Å². The molecule has 0 aromatic heterocycles. The molecule has 1 aliphatic heterocycles. The minimum atomic E-state index is 0.150. The highest BCUT2D eigenvalue weighted by Gasteiger charge is 2.17. The highest BCUT2D eigenvalue weighted by molar-refractivity contribution is 5.76. The molecule has 1 aromatic rings. The van der Waals surface area contributed by atoms with Gasteiger partial charge in [0.05, 0.1) is 0 Å². The Morgan fingerprint density at radius 3 is 2.94 bits per heavy atom. The molecule has 0 aliphatic carbocycles. The van der Waals surface area contributed by atoms with Gasteiger partial charge in [0, 0.05) is 31.2 Å². The zero-order chi connectivity index (χ0) is 11.4. The highest BCUT2D eigenvalue weighted by atomic mass is 16.1. The molecule has 0 bridgehead atoms. The summed E-state index contributed by atoms with van der Waals surface area (Å²) in [5, 5.41) is 6.25. The summed E-state index contributed by atoms with van der Waals surface area (Å²) < 4.78 is 0. The number of rotatable bonds is 3. The van der Waals surface area contributed by atoms with E-state index in [2.05, 4.69) is 10.6 Å². The maximum absolute atomic E-state index is 11.0. The molecule has 0 radical (unpaired) electrons. The van der Waals surface area contributed by atoms with E-state index in [0.717, 1.165) is 24.2 Å². The van der Waals surface area contributed by atoms with Crippen LogP contribution >= 0.6 is 0 Å². The average molecular weight is 219 g/mol. The zero-order valence-corrected chi connectivity index (χ0v) is 9.20. The predicted octanol–water partition coefficient (Wildman–Crippen LogP) is 0.637. The molecular weight excluding hydrogens is 202 g/mol. The Morgan fingerprint density at radius 2 is 2.25 bits per heavy atom. The van der Waals surface area contributed by atoms with Crippen molar-refractivity contribution in [2.45, 2.75) is 25.4 Å². The molecule has 0 saturated carbocycles. The van der Waals surface area contributed by atoms with Gasteiger partial charge in [-0.2, -0.15) is 0 Å². The largest absolute Gasteiger partial charge is 0.398 e. The number of nitrogens with two attached hydrogens (primary N) is 1. The van der Waals surface area contributed by atoms with Crippen LogP contribution in [0.1, 0.15) is 18.4 Å². The van der Waals surface area contributed by atoms with Gasteiger partial charge >= 0.3 is 0 Å². The number of benzene rings is 1. The zero-order valence-electron chi connectivity index (χ0n) is 9.20. The summed E-state index contributed by atoms with van der Waals surface area (Å²) in [6, 6.07) is 8.19. The number of piperidine rings is 1. The Balaban J connectivity index is 1.84. The number of nitrogen functional groups attached to an aromatic ring is 1. The van der Waals surface area contributed by atoms with Crippen molar-refractivity contribution in [2.75, 3.05) is 12.3 Å². The number of amides is 1. The van der Waals surface area contributed by atoms with Crippen LogP contribution in [-0.4, -0.2) is 18.5 Å². The SMILES string of the molecule is Nc1ccccc1CNC1CCC(=O)NC1. The van der Waals surface area contributed by atoms with Crippen molar-refractivity contribution in [3.8, 4) is 0 Å². The second-order valence-electron chi connectivity index (χ2n) is 4.12. The van der Waals surface area contributed by atoms with Crippen molar-refractivity contribution in [3.63, 3.8) is 0 Å². The van der Waals surface area contributed by atoms with Gasteiger partial charge in [-0.05, 0) is 18.1 Å². The molecule has 1 fully saturated rings. The van der Waals surface area contributed by atoms with Crippen LogP contribution in [0.3, 0.4) is 0 Å². The summed E-state index contributed by atoms with van der Waals surface area (Å²) >= 11 is 0. The molecule has 16 heavy (non-hydrogen) atoms. The first kappa shape index (κ1) is 11.0. The molecule has 1 aliphatic rings. The molecule has 2 rings (SSSR count). The van der Waals surface area contributed by atoms with Crippen LogP contribution in [-0.2, 0) is 11.3 Å². The average Bonchev–Trinajstić information content (AvgIpc) is 2.30. The fourth-order valence-corrected chi connectivity index (χ4v) is 1.86. The van der Waals surface area contributed by atoms with Gasteiger partial charge in [0.15, 0.2) is 0 Å². The lowest BCUT2D eigenvalue weighted by molar-refractivity contribution is -0.122. The van der Waals surface area contributed by atoms with Crippen LogP contribution in [0.15, 0.2) is 24.3 Å². The number of carbonyl (C=O) groups is 1. The molecule has 1 saturated heterocycles. The van der Waals surface area contributed by atoms with Gasteiger partial charge in [-0.3, -0.25) is 4.79 Å². The third-order valence-corrected chi connectivity index (χ3v) is 2.90. The van der Waals surface area contributed by atoms with Gasteiger partial charge in [0.25, 0.3) is 0 Å². The van der Waals surface area contributed by atoms with Crippen LogP contribution < -0.4 is 16.4 Å². The van der Waals surface area contributed by atoms with Crippen LogP contribution in [0.25, 0.3) is 0 Å². The first-order valence-corrected chi connectivity index (χ1v) is 5.59.